The number of carbonyl (C=O) groups is 2. The summed E-state index contributed by atoms with van der Waals surface area (Å²) in [6, 6.07) is 9.11. The average molecular weight is 514 g/mol. The largest absolute Gasteiger partial charge is 0.493 e. The fourth-order valence-electron chi connectivity index (χ4n) is 2.29. The van der Waals surface area contributed by atoms with Crippen LogP contribution in [-0.4, -0.2) is 38.4 Å². The minimum Gasteiger partial charge on any atom is -0.493 e. The van der Waals surface area contributed by atoms with Gasteiger partial charge in [-0.3, -0.25) is 4.79 Å². The van der Waals surface area contributed by atoms with Crippen molar-refractivity contribution in [3.05, 3.63) is 56.9 Å². The van der Waals surface area contributed by atoms with Crippen molar-refractivity contribution >= 4 is 40.7 Å². The first-order chi connectivity index (χ1) is 13.9. The lowest BCUT2D eigenvalue weighted by Crippen LogP contribution is -2.19. The molecule has 0 atom stereocenters. The summed E-state index contributed by atoms with van der Waals surface area (Å²) in [6.45, 7) is 1.76. The molecule has 0 saturated heterocycles. The van der Waals surface area contributed by atoms with Crippen molar-refractivity contribution in [2.24, 2.45) is 5.10 Å². The predicted octanol–water partition coefficient (Wildman–Crippen LogP) is 3.07. The van der Waals surface area contributed by atoms with Crippen molar-refractivity contribution in [2.75, 3.05) is 20.3 Å². The van der Waals surface area contributed by atoms with Gasteiger partial charge in [0.25, 0.3) is 0 Å². The molecule has 9 heteroatoms. The molecule has 1 N–H and O–H groups in total. The molecule has 0 fully saturated rings. The van der Waals surface area contributed by atoms with Crippen molar-refractivity contribution in [1.82, 2.24) is 5.43 Å². The van der Waals surface area contributed by atoms with Crippen LogP contribution in [-0.2, 0) is 20.7 Å². The topological polar surface area (TPSA) is 86.2 Å². The molecule has 154 valence electrons. The van der Waals surface area contributed by atoms with E-state index in [0.717, 1.165) is 0 Å². The summed E-state index contributed by atoms with van der Waals surface area (Å²) in [6.07, 6.45) is 1.54. The number of hydrazone groups is 1. The van der Waals surface area contributed by atoms with E-state index in [-0.39, 0.29) is 31.4 Å². The quantitative estimate of drug-likeness (QED) is 0.241. The molecule has 1 amide bonds. The third-order valence-corrected chi connectivity index (χ3v) is 4.37. The highest BCUT2D eigenvalue weighted by atomic mass is 127. The summed E-state index contributed by atoms with van der Waals surface area (Å²) in [5.41, 5.74) is 3.76. The third-order valence-electron chi connectivity index (χ3n) is 3.57. The fraction of sp³-hybridized carbons (Fsp3) is 0.250. The zero-order valence-corrected chi connectivity index (χ0v) is 18.1. The van der Waals surface area contributed by atoms with E-state index in [4.69, 9.17) is 14.2 Å². The van der Waals surface area contributed by atoms with Gasteiger partial charge >= 0.3 is 5.97 Å². The van der Waals surface area contributed by atoms with Crippen LogP contribution >= 0.6 is 22.6 Å². The van der Waals surface area contributed by atoms with Crippen LogP contribution < -0.4 is 14.9 Å². The molecule has 2 aromatic carbocycles. The van der Waals surface area contributed by atoms with E-state index < -0.39 is 5.97 Å². The summed E-state index contributed by atoms with van der Waals surface area (Å²) in [4.78, 5) is 23.4. The van der Waals surface area contributed by atoms with Crippen LogP contribution in [0.1, 0.15) is 18.1 Å². The number of halogens is 2. The molecule has 0 aliphatic carbocycles. The van der Waals surface area contributed by atoms with Crippen molar-refractivity contribution in [2.45, 2.75) is 13.3 Å². The van der Waals surface area contributed by atoms with Gasteiger partial charge in [0.1, 0.15) is 5.82 Å². The van der Waals surface area contributed by atoms with Gasteiger partial charge in [0.2, 0.25) is 5.91 Å². The Balaban J connectivity index is 1.99. The number of methoxy groups -OCH3 is 1. The van der Waals surface area contributed by atoms with E-state index in [1.54, 1.807) is 31.2 Å². The maximum atomic E-state index is 12.9. The number of esters is 1. The molecule has 0 aliphatic heterocycles. The number of nitrogens with zero attached hydrogens (tertiary/aromatic N) is 1. The van der Waals surface area contributed by atoms with E-state index >= 15 is 0 Å². The van der Waals surface area contributed by atoms with Crippen LogP contribution in [0.5, 0.6) is 11.5 Å². The van der Waals surface area contributed by atoms with Crippen molar-refractivity contribution < 1.29 is 28.2 Å². The fourth-order valence-corrected chi connectivity index (χ4v) is 3.08. The number of ether oxygens (including phenoxy) is 3. The highest BCUT2D eigenvalue weighted by molar-refractivity contribution is 14.1. The van der Waals surface area contributed by atoms with Crippen LogP contribution in [0.15, 0.2) is 41.5 Å². The van der Waals surface area contributed by atoms with E-state index in [0.29, 0.717) is 26.2 Å². The summed E-state index contributed by atoms with van der Waals surface area (Å²) in [7, 11) is 1.48. The molecule has 2 aromatic rings. The van der Waals surface area contributed by atoms with E-state index in [2.05, 4.69) is 10.5 Å². The molecule has 0 unspecified atom stereocenters. The Bertz CT molecular complexity index is 887. The van der Waals surface area contributed by atoms with Gasteiger partial charge < -0.3 is 14.2 Å². The van der Waals surface area contributed by atoms with Crippen LogP contribution in [0.2, 0.25) is 0 Å². The lowest BCUT2D eigenvalue weighted by Gasteiger charge is -2.13. The first-order valence-electron chi connectivity index (χ1n) is 8.65. The van der Waals surface area contributed by atoms with Crippen LogP contribution in [0.4, 0.5) is 4.39 Å². The standard InChI is InChI=1S/C20H20FIN2O5/c1-3-28-19(26)12-29-20-16(22)8-14(9-17(20)27-2)11-23-24-18(25)10-13-4-6-15(21)7-5-13/h4-9,11H,3,10,12H2,1-2H3,(H,24,25)/b23-11+. The van der Waals surface area contributed by atoms with E-state index in [1.807, 2.05) is 22.6 Å². The number of carbonyl (C=O) groups excluding carboxylic acids is 2. The molecule has 0 heterocycles. The van der Waals surface area contributed by atoms with E-state index in [1.165, 1.54) is 25.5 Å². The highest BCUT2D eigenvalue weighted by Crippen LogP contribution is 2.33. The summed E-state index contributed by atoms with van der Waals surface area (Å²) < 4.78 is 29.2. The SMILES string of the molecule is CCOC(=O)COc1c(I)cc(/C=N/NC(=O)Cc2ccc(F)cc2)cc1OC. The maximum absolute atomic E-state index is 12.9. The minimum atomic E-state index is -0.472. The van der Waals surface area contributed by atoms with Crippen molar-refractivity contribution in [3.8, 4) is 11.5 Å². The van der Waals surface area contributed by atoms with Gasteiger partial charge in [0.05, 0.1) is 29.9 Å². The summed E-state index contributed by atoms with van der Waals surface area (Å²) in [5.74, 6) is -0.326. The van der Waals surface area contributed by atoms with Gasteiger partial charge in [0.15, 0.2) is 18.1 Å². The predicted molar refractivity (Wildman–Crippen MR) is 114 cm³/mol. The van der Waals surface area contributed by atoms with Gasteiger partial charge in [0, 0.05) is 0 Å². The monoisotopic (exact) mass is 514 g/mol. The maximum Gasteiger partial charge on any atom is 0.344 e. The summed E-state index contributed by atoms with van der Waals surface area (Å²) >= 11 is 2.05. The normalized spacial score (nSPS) is 10.6. The van der Waals surface area contributed by atoms with Crippen molar-refractivity contribution in [1.29, 1.82) is 0 Å². The number of nitrogens with one attached hydrogen (secondary N) is 1. The molecule has 0 spiro atoms. The molecule has 0 radical (unpaired) electrons. The Labute approximate surface area is 181 Å². The molecular formula is C20H20FIN2O5. The van der Waals surface area contributed by atoms with Gasteiger partial charge in [-0.15, -0.1) is 0 Å². The first kappa shape index (κ1) is 22.6. The molecule has 2 rings (SSSR count). The number of benzene rings is 2. The van der Waals surface area contributed by atoms with Gasteiger partial charge in [-0.25, -0.2) is 14.6 Å². The smallest absolute Gasteiger partial charge is 0.344 e. The Morgan fingerprint density at radius 2 is 1.97 bits per heavy atom. The van der Waals surface area contributed by atoms with Crippen molar-refractivity contribution in [3.63, 3.8) is 0 Å². The van der Waals surface area contributed by atoms with Crippen LogP contribution in [0, 0.1) is 9.39 Å². The zero-order chi connectivity index (χ0) is 21.2. The Hall–Kier alpha value is -2.69. The van der Waals surface area contributed by atoms with Crippen LogP contribution in [0.25, 0.3) is 0 Å². The van der Waals surface area contributed by atoms with Gasteiger partial charge in [-0.2, -0.15) is 5.10 Å². The molecule has 0 saturated carbocycles. The molecular weight excluding hydrogens is 494 g/mol. The second-order valence-electron chi connectivity index (χ2n) is 5.72. The molecule has 7 nitrogen and oxygen atoms in total. The second-order valence-corrected chi connectivity index (χ2v) is 6.89. The van der Waals surface area contributed by atoms with Crippen LogP contribution in [0.3, 0.4) is 0 Å². The lowest BCUT2D eigenvalue weighted by atomic mass is 10.1. The highest BCUT2D eigenvalue weighted by Gasteiger charge is 2.13. The first-order valence-corrected chi connectivity index (χ1v) is 9.73. The third kappa shape index (κ3) is 7.33. The van der Waals surface area contributed by atoms with Gasteiger partial charge in [-0.1, -0.05) is 12.1 Å². The Morgan fingerprint density at radius 1 is 1.24 bits per heavy atom. The second kappa shape index (κ2) is 11.3. The Morgan fingerprint density at radius 3 is 2.62 bits per heavy atom. The number of amides is 1. The Kier molecular flexibility index (Phi) is 8.84. The number of hydrogen-bond acceptors (Lipinski definition) is 6. The zero-order valence-electron chi connectivity index (χ0n) is 15.9. The molecule has 0 bridgehead atoms. The number of rotatable bonds is 9. The minimum absolute atomic E-state index is 0.0825. The van der Waals surface area contributed by atoms with Gasteiger partial charge in [-0.05, 0) is 64.9 Å². The molecule has 0 aromatic heterocycles. The molecule has 0 aliphatic rings. The lowest BCUT2D eigenvalue weighted by molar-refractivity contribution is -0.145. The molecule has 29 heavy (non-hydrogen) atoms. The van der Waals surface area contributed by atoms with E-state index in [9.17, 15) is 14.0 Å². The number of hydrogen-bond donors (Lipinski definition) is 1. The average Bonchev–Trinajstić information content (AvgIpc) is 2.68. The summed E-state index contributed by atoms with van der Waals surface area (Å²) in [5, 5.41) is 3.93.